The standard InChI is InChI=1S/C16H22BrN3S/c1-12(11-21-4)19(3)16-15(10-17)13(2)18-20(16)14-8-6-5-7-9-14/h5-9,12H,10-11H2,1-4H3. The number of aryl methyl sites for hydroxylation is 1. The molecule has 0 amide bonds. The van der Waals surface area contributed by atoms with Crippen LogP contribution in [-0.4, -0.2) is 34.9 Å². The average Bonchev–Trinajstić information content (AvgIpc) is 2.84. The number of para-hydroxylation sites is 1. The third-order valence-electron chi connectivity index (χ3n) is 3.69. The number of hydrogen-bond acceptors (Lipinski definition) is 3. The molecule has 21 heavy (non-hydrogen) atoms. The van der Waals surface area contributed by atoms with Crippen LogP contribution in [0.2, 0.25) is 0 Å². The van der Waals surface area contributed by atoms with Crippen molar-refractivity contribution in [1.82, 2.24) is 9.78 Å². The Bertz CT molecular complexity index is 583. The molecule has 114 valence electrons. The van der Waals surface area contributed by atoms with Gasteiger partial charge in [-0.3, -0.25) is 0 Å². The molecule has 0 saturated carbocycles. The smallest absolute Gasteiger partial charge is 0.136 e. The molecule has 0 saturated heterocycles. The number of anilines is 1. The van der Waals surface area contributed by atoms with Crippen LogP contribution in [0.1, 0.15) is 18.2 Å². The maximum Gasteiger partial charge on any atom is 0.136 e. The lowest BCUT2D eigenvalue weighted by atomic mass is 10.2. The van der Waals surface area contributed by atoms with E-state index in [1.807, 2.05) is 17.8 Å². The summed E-state index contributed by atoms with van der Waals surface area (Å²) in [6, 6.07) is 10.8. The predicted octanol–water partition coefficient (Wildman–Crippen LogP) is 4.26. The summed E-state index contributed by atoms with van der Waals surface area (Å²) in [6.07, 6.45) is 2.15. The topological polar surface area (TPSA) is 21.1 Å². The van der Waals surface area contributed by atoms with Gasteiger partial charge in [-0.15, -0.1) is 0 Å². The van der Waals surface area contributed by atoms with Crippen LogP contribution in [0.15, 0.2) is 30.3 Å². The van der Waals surface area contributed by atoms with Crippen molar-refractivity contribution in [3.63, 3.8) is 0 Å². The highest BCUT2D eigenvalue weighted by Crippen LogP contribution is 2.30. The molecule has 5 heteroatoms. The van der Waals surface area contributed by atoms with Crippen LogP contribution < -0.4 is 4.90 Å². The molecular weight excluding hydrogens is 346 g/mol. The first-order valence-electron chi connectivity index (χ1n) is 7.01. The summed E-state index contributed by atoms with van der Waals surface area (Å²) in [5.74, 6) is 2.27. The van der Waals surface area contributed by atoms with Crippen molar-refractivity contribution in [2.75, 3.05) is 24.0 Å². The van der Waals surface area contributed by atoms with E-state index >= 15 is 0 Å². The van der Waals surface area contributed by atoms with Gasteiger partial charge in [-0.1, -0.05) is 34.1 Å². The number of hydrogen-bond donors (Lipinski definition) is 0. The van der Waals surface area contributed by atoms with Gasteiger partial charge in [0.05, 0.1) is 11.4 Å². The monoisotopic (exact) mass is 367 g/mol. The molecule has 1 atom stereocenters. The van der Waals surface area contributed by atoms with Crippen LogP contribution in [0.4, 0.5) is 5.82 Å². The largest absolute Gasteiger partial charge is 0.356 e. The van der Waals surface area contributed by atoms with Gasteiger partial charge in [0.2, 0.25) is 0 Å². The lowest BCUT2D eigenvalue weighted by Crippen LogP contribution is -2.33. The van der Waals surface area contributed by atoms with E-state index in [1.165, 1.54) is 11.4 Å². The van der Waals surface area contributed by atoms with Crippen molar-refractivity contribution in [2.45, 2.75) is 25.2 Å². The van der Waals surface area contributed by atoms with E-state index in [0.29, 0.717) is 6.04 Å². The second-order valence-corrected chi connectivity index (χ2v) is 6.66. The number of nitrogens with zero attached hydrogens (tertiary/aromatic N) is 3. The average molecular weight is 368 g/mol. The molecule has 3 nitrogen and oxygen atoms in total. The van der Waals surface area contributed by atoms with Crippen LogP contribution in [0, 0.1) is 6.92 Å². The van der Waals surface area contributed by atoms with Crippen LogP contribution >= 0.6 is 27.7 Å². The maximum atomic E-state index is 4.75. The summed E-state index contributed by atoms with van der Waals surface area (Å²) in [6.45, 7) is 4.33. The summed E-state index contributed by atoms with van der Waals surface area (Å²) in [4.78, 5) is 2.33. The van der Waals surface area contributed by atoms with Gasteiger partial charge in [0.1, 0.15) is 5.82 Å². The molecule has 0 radical (unpaired) electrons. The van der Waals surface area contributed by atoms with E-state index in [9.17, 15) is 0 Å². The fraction of sp³-hybridized carbons (Fsp3) is 0.438. The summed E-state index contributed by atoms with van der Waals surface area (Å²) < 4.78 is 2.06. The Balaban J connectivity index is 2.52. The van der Waals surface area contributed by atoms with E-state index < -0.39 is 0 Å². The van der Waals surface area contributed by atoms with E-state index in [2.05, 4.69) is 76.9 Å². The quantitative estimate of drug-likeness (QED) is 0.711. The van der Waals surface area contributed by atoms with E-state index in [0.717, 1.165) is 22.5 Å². The molecule has 1 aromatic heterocycles. The van der Waals surface area contributed by atoms with Gasteiger partial charge in [-0.25, -0.2) is 4.68 Å². The van der Waals surface area contributed by atoms with Crippen LogP contribution in [0.25, 0.3) is 5.69 Å². The third kappa shape index (κ3) is 3.46. The molecule has 1 aromatic carbocycles. The van der Waals surface area contributed by atoms with Crippen LogP contribution in [0.5, 0.6) is 0 Å². The fourth-order valence-electron chi connectivity index (χ4n) is 2.38. The number of benzene rings is 1. The van der Waals surface area contributed by atoms with Gasteiger partial charge in [-0.2, -0.15) is 16.9 Å². The summed E-state index contributed by atoms with van der Waals surface area (Å²) in [7, 11) is 2.16. The van der Waals surface area contributed by atoms with Crippen molar-refractivity contribution in [3.05, 3.63) is 41.6 Å². The molecule has 2 aromatic rings. The lowest BCUT2D eigenvalue weighted by molar-refractivity contribution is 0.722. The molecule has 0 spiro atoms. The van der Waals surface area contributed by atoms with Crippen LogP contribution in [-0.2, 0) is 5.33 Å². The molecule has 0 N–H and O–H groups in total. The van der Waals surface area contributed by atoms with Gasteiger partial charge in [0.25, 0.3) is 0 Å². The van der Waals surface area contributed by atoms with E-state index in [-0.39, 0.29) is 0 Å². The molecular formula is C16H22BrN3S. The van der Waals surface area contributed by atoms with Gasteiger partial charge >= 0.3 is 0 Å². The highest BCUT2D eigenvalue weighted by Gasteiger charge is 2.21. The number of alkyl halides is 1. The Kier molecular flexibility index (Phi) is 5.76. The lowest BCUT2D eigenvalue weighted by Gasteiger charge is -2.28. The number of thioether (sulfide) groups is 1. The third-order valence-corrected chi connectivity index (χ3v) is 5.07. The van der Waals surface area contributed by atoms with Crippen molar-refractivity contribution in [1.29, 1.82) is 0 Å². The Labute approximate surface area is 139 Å². The highest BCUT2D eigenvalue weighted by molar-refractivity contribution is 9.08. The Morgan fingerprint density at radius 3 is 2.57 bits per heavy atom. The molecule has 1 heterocycles. The SMILES string of the molecule is CSCC(C)N(C)c1c(CBr)c(C)nn1-c1ccccc1. The minimum Gasteiger partial charge on any atom is -0.356 e. The van der Waals surface area contributed by atoms with Crippen LogP contribution in [0.3, 0.4) is 0 Å². The Morgan fingerprint density at radius 2 is 2.00 bits per heavy atom. The van der Waals surface area contributed by atoms with E-state index in [4.69, 9.17) is 5.10 Å². The number of aromatic nitrogens is 2. The minimum atomic E-state index is 0.455. The molecule has 0 bridgehead atoms. The first-order valence-corrected chi connectivity index (χ1v) is 9.53. The first-order chi connectivity index (χ1) is 10.1. The Hall–Kier alpha value is -0.940. The zero-order chi connectivity index (χ0) is 15.4. The van der Waals surface area contributed by atoms with Gasteiger partial charge in [-0.05, 0) is 32.2 Å². The zero-order valence-electron chi connectivity index (χ0n) is 13.0. The molecule has 2 rings (SSSR count). The predicted molar refractivity (Wildman–Crippen MR) is 97.2 cm³/mol. The second-order valence-electron chi connectivity index (χ2n) is 5.18. The molecule has 1 unspecified atom stereocenters. The van der Waals surface area contributed by atoms with Crippen molar-refractivity contribution in [2.24, 2.45) is 0 Å². The second kappa shape index (κ2) is 7.36. The molecule has 0 aliphatic rings. The van der Waals surface area contributed by atoms with E-state index in [1.54, 1.807) is 0 Å². The van der Waals surface area contributed by atoms with Gasteiger partial charge in [0.15, 0.2) is 0 Å². The van der Waals surface area contributed by atoms with Crippen molar-refractivity contribution < 1.29 is 0 Å². The summed E-state index contributed by atoms with van der Waals surface area (Å²) >= 11 is 5.49. The maximum absolute atomic E-state index is 4.75. The van der Waals surface area contributed by atoms with Crippen molar-refractivity contribution >= 4 is 33.5 Å². The minimum absolute atomic E-state index is 0.455. The Morgan fingerprint density at radius 1 is 1.33 bits per heavy atom. The normalized spacial score (nSPS) is 12.4. The highest BCUT2D eigenvalue weighted by atomic mass is 79.9. The van der Waals surface area contributed by atoms with Gasteiger partial charge < -0.3 is 4.90 Å². The fourth-order valence-corrected chi connectivity index (χ4v) is 3.74. The molecule has 0 aliphatic carbocycles. The zero-order valence-corrected chi connectivity index (χ0v) is 15.4. The number of rotatable bonds is 6. The molecule has 0 fully saturated rings. The summed E-state index contributed by atoms with van der Waals surface area (Å²) in [5, 5.41) is 5.57. The summed E-state index contributed by atoms with van der Waals surface area (Å²) in [5.41, 5.74) is 3.44. The first kappa shape index (κ1) is 16.4. The van der Waals surface area contributed by atoms with Gasteiger partial charge in [0, 0.05) is 29.7 Å². The number of halogens is 1. The van der Waals surface area contributed by atoms with Crippen molar-refractivity contribution in [3.8, 4) is 5.69 Å². The molecule has 0 aliphatic heterocycles.